The van der Waals surface area contributed by atoms with Crippen LogP contribution in [0.3, 0.4) is 0 Å². The Morgan fingerprint density at radius 2 is 1.93 bits per heavy atom. The maximum atomic E-state index is 10.8. The van der Waals surface area contributed by atoms with Crippen molar-refractivity contribution < 1.29 is 19.8 Å². The summed E-state index contributed by atoms with van der Waals surface area (Å²) in [4.78, 5) is 21.5. The highest BCUT2D eigenvalue weighted by atomic mass is 16.4. The predicted molar refractivity (Wildman–Crippen MR) is 52.6 cm³/mol. The Bertz CT molecular complexity index is 412. The highest BCUT2D eigenvalue weighted by molar-refractivity contribution is 5.88. The van der Waals surface area contributed by atoms with E-state index in [0.29, 0.717) is 0 Å². The lowest BCUT2D eigenvalue weighted by molar-refractivity contribution is -0.143. The van der Waals surface area contributed by atoms with E-state index < -0.39 is 17.5 Å². The number of aliphatic carboxylic acids is 1. The molecule has 0 radical (unpaired) electrons. The van der Waals surface area contributed by atoms with E-state index in [4.69, 9.17) is 15.9 Å². The Labute approximate surface area is 86.1 Å². The number of carboxylic acid groups (broad SMARTS) is 2. The Balaban J connectivity index is 3.21. The maximum Gasteiger partial charge on any atom is 0.335 e. The predicted octanol–water partition coefficient (Wildman–Crippen LogP) is 0.643. The molecule has 1 rings (SSSR count). The molecule has 0 bridgehead atoms. The van der Waals surface area contributed by atoms with Crippen LogP contribution in [-0.4, -0.2) is 22.2 Å². The molecule has 1 atom stereocenters. The Kier molecular flexibility index (Phi) is 2.76. The highest BCUT2D eigenvalue weighted by Gasteiger charge is 2.30. The molecule has 0 aromatic heterocycles. The SMILES string of the molecule is CC(N)(C(=O)O)c1cccc(C(=O)O)c1. The summed E-state index contributed by atoms with van der Waals surface area (Å²) in [7, 11) is 0. The molecule has 4 N–H and O–H groups in total. The molecule has 0 amide bonds. The third-order valence-electron chi connectivity index (χ3n) is 2.15. The summed E-state index contributed by atoms with van der Waals surface area (Å²) < 4.78 is 0. The van der Waals surface area contributed by atoms with E-state index in [1.165, 1.54) is 31.2 Å². The fourth-order valence-corrected chi connectivity index (χ4v) is 1.10. The summed E-state index contributed by atoms with van der Waals surface area (Å²) in [5.74, 6) is -2.32. The van der Waals surface area contributed by atoms with Gasteiger partial charge in [0, 0.05) is 0 Å². The number of rotatable bonds is 3. The van der Waals surface area contributed by atoms with Crippen LogP contribution in [0, 0.1) is 0 Å². The van der Waals surface area contributed by atoms with Crippen molar-refractivity contribution in [3.8, 4) is 0 Å². The van der Waals surface area contributed by atoms with Crippen LogP contribution in [0.15, 0.2) is 24.3 Å². The van der Waals surface area contributed by atoms with Gasteiger partial charge >= 0.3 is 11.9 Å². The lowest BCUT2D eigenvalue weighted by Crippen LogP contribution is -2.41. The first kappa shape index (κ1) is 11.2. The zero-order chi connectivity index (χ0) is 11.6. The summed E-state index contributed by atoms with van der Waals surface area (Å²) in [5.41, 5.74) is 4.26. The molecule has 1 aromatic carbocycles. The van der Waals surface area contributed by atoms with Crippen molar-refractivity contribution in [2.45, 2.75) is 12.5 Å². The summed E-state index contributed by atoms with van der Waals surface area (Å²) in [6, 6.07) is 5.59. The van der Waals surface area contributed by atoms with Crippen LogP contribution in [0.25, 0.3) is 0 Å². The molecule has 0 spiro atoms. The van der Waals surface area contributed by atoms with Gasteiger partial charge in [0.2, 0.25) is 0 Å². The molecule has 1 aromatic rings. The van der Waals surface area contributed by atoms with Crippen LogP contribution in [0.1, 0.15) is 22.8 Å². The number of carboxylic acids is 2. The van der Waals surface area contributed by atoms with Gasteiger partial charge in [0.15, 0.2) is 0 Å². The zero-order valence-electron chi connectivity index (χ0n) is 8.10. The summed E-state index contributed by atoms with van der Waals surface area (Å²) in [6.45, 7) is 1.32. The first-order valence-corrected chi connectivity index (χ1v) is 4.22. The first-order valence-electron chi connectivity index (χ1n) is 4.22. The molecule has 15 heavy (non-hydrogen) atoms. The number of hydrogen-bond acceptors (Lipinski definition) is 3. The number of hydrogen-bond donors (Lipinski definition) is 3. The van der Waals surface area contributed by atoms with Crippen LogP contribution >= 0.6 is 0 Å². The molecule has 80 valence electrons. The number of aromatic carboxylic acids is 1. The molecule has 5 heteroatoms. The first-order chi connectivity index (χ1) is 6.85. The van der Waals surface area contributed by atoms with Gasteiger partial charge in [-0.15, -0.1) is 0 Å². The quantitative estimate of drug-likeness (QED) is 0.678. The fraction of sp³-hybridized carbons (Fsp3) is 0.200. The van der Waals surface area contributed by atoms with E-state index in [1.54, 1.807) is 0 Å². The lowest BCUT2D eigenvalue weighted by Gasteiger charge is -2.19. The maximum absolute atomic E-state index is 10.8. The monoisotopic (exact) mass is 209 g/mol. The second-order valence-corrected chi connectivity index (χ2v) is 3.39. The Morgan fingerprint density at radius 1 is 1.33 bits per heavy atom. The summed E-state index contributed by atoms with van der Waals surface area (Å²) >= 11 is 0. The third-order valence-corrected chi connectivity index (χ3v) is 2.15. The van der Waals surface area contributed by atoms with E-state index in [2.05, 4.69) is 0 Å². The molecule has 0 aliphatic rings. The van der Waals surface area contributed by atoms with Gasteiger partial charge < -0.3 is 15.9 Å². The smallest absolute Gasteiger partial charge is 0.335 e. The molecular weight excluding hydrogens is 198 g/mol. The molecule has 5 nitrogen and oxygen atoms in total. The third kappa shape index (κ3) is 2.13. The summed E-state index contributed by atoms with van der Waals surface area (Å²) in [6.07, 6.45) is 0. The Morgan fingerprint density at radius 3 is 2.40 bits per heavy atom. The average Bonchev–Trinajstić information content (AvgIpc) is 2.17. The van der Waals surface area contributed by atoms with Gasteiger partial charge in [-0.05, 0) is 24.6 Å². The second kappa shape index (κ2) is 3.70. The van der Waals surface area contributed by atoms with Gasteiger partial charge in [-0.3, -0.25) is 0 Å². The molecule has 1 unspecified atom stereocenters. The average molecular weight is 209 g/mol. The van der Waals surface area contributed by atoms with Crippen molar-refractivity contribution in [1.29, 1.82) is 0 Å². The largest absolute Gasteiger partial charge is 0.480 e. The molecule has 0 fully saturated rings. The van der Waals surface area contributed by atoms with Crippen molar-refractivity contribution in [1.82, 2.24) is 0 Å². The second-order valence-electron chi connectivity index (χ2n) is 3.39. The fourth-order valence-electron chi connectivity index (χ4n) is 1.10. The topological polar surface area (TPSA) is 101 Å². The minimum Gasteiger partial charge on any atom is -0.480 e. The molecule has 0 saturated carbocycles. The van der Waals surface area contributed by atoms with Crippen molar-refractivity contribution in [3.63, 3.8) is 0 Å². The standard InChI is InChI=1S/C10H11NO4/c1-10(11,9(14)15)7-4-2-3-6(5-7)8(12)13/h2-5H,11H2,1H3,(H,12,13)(H,14,15). The lowest BCUT2D eigenvalue weighted by atomic mass is 9.92. The van der Waals surface area contributed by atoms with Crippen molar-refractivity contribution in [3.05, 3.63) is 35.4 Å². The van der Waals surface area contributed by atoms with E-state index in [9.17, 15) is 9.59 Å². The van der Waals surface area contributed by atoms with Crippen LogP contribution in [0.5, 0.6) is 0 Å². The van der Waals surface area contributed by atoms with Gasteiger partial charge in [0.25, 0.3) is 0 Å². The van der Waals surface area contributed by atoms with Crippen LogP contribution in [0.4, 0.5) is 0 Å². The van der Waals surface area contributed by atoms with Crippen molar-refractivity contribution >= 4 is 11.9 Å². The van der Waals surface area contributed by atoms with Gasteiger partial charge in [0.05, 0.1) is 5.56 Å². The van der Waals surface area contributed by atoms with E-state index in [0.717, 1.165) is 0 Å². The number of benzene rings is 1. The van der Waals surface area contributed by atoms with Crippen molar-refractivity contribution in [2.24, 2.45) is 5.73 Å². The normalized spacial score (nSPS) is 14.3. The van der Waals surface area contributed by atoms with Crippen LogP contribution in [0.2, 0.25) is 0 Å². The molecule has 0 heterocycles. The van der Waals surface area contributed by atoms with E-state index in [1.807, 2.05) is 0 Å². The minimum absolute atomic E-state index is 0.0189. The minimum atomic E-state index is -1.58. The molecule has 0 saturated heterocycles. The van der Waals surface area contributed by atoms with Crippen LogP contribution in [-0.2, 0) is 10.3 Å². The highest BCUT2D eigenvalue weighted by Crippen LogP contribution is 2.19. The van der Waals surface area contributed by atoms with E-state index >= 15 is 0 Å². The van der Waals surface area contributed by atoms with Gasteiger partial charge in [-0.1, -0.05) is 12.1 Å². The zero-order valence-corrected chi connectivity index (χ0v) is 8.10. The Hall–Kier alpha value is -1.88. The van der Waals surface area contributed by atoms with E-state index in [-0.39, 0.29) is 11.1 Å². The van der Waals surface area contributed by atoms with Gasteiger partial charge in [-0.2, -0.15) is 0 Å². The van der Waals surface area contributed by atoms with Crippen LogP contribution < -0.4 is 5.73 Å². The number of carbonyl (C=O) groups is 2. The summed E-state index contributed by atoms with van der Waals surface area (Å²) in [5, 5.41) is 17.6. The van der Waals surface area contributed by atoms with Gasteiger partial charge in [0.1, 0.15) is 5.54 Å². The van der Waals surface area contributed by atoms with Gasteiger partial charge in [-0.25, -0.2) is 9.59 Å². The molecule has 0 aliphatic carbocycles. The molecular formula is C10H11NO4. The van der Waals surface area contributed by atoms with Crippen molar-refractivity contribution in [2.75, 3.05) is 0 Å². The number of nitrogens with two attached hydrogens (primary N) is 1. The molecule has 0 aliphatic heterocycles.